The van der Waals surface area contributed by atoms with E-state index in [9.17, 15) is 4.79 Å². The van der Waals surface area contributed by atoms with E-state index >= 15 is 0 Å². The first-order valence-electron chi connectivity index (χ1n) is 4.57. The summed E-state index contributed by atoms with van der Waals surface area (Å²) in [5, 5.41) is 2.75. The van der Waals surface area contributed by atoms with E-state index in [0.717, 1.165) is 0 Å². The minimum atomic E-state index is -0.450. The summed E-state index contributed by atoms with van der Waals surface area (Å²) in [4.78, 5) is 11.3. The van der Waals surface area contributed by atoms with E-state index in [1.165, 1.54) is 0 Å². The van der Waals surface area contributed by atoms with Crippen LogP contribution in [0.3, 0.4) is 0 Å². The van der Waals surface area contributed by atoms with Gasteiger partial charge in [0.1, 0.15) is 12.9 Å². The fourth-order valence-corrected chi connectivity index (χ4v) is 0.711. The second-order valence-corrected chi connectivity index (χ2v) is 3.08. The van der Waals surface area contributed by atoms with Crippen LogP contribution in [-0.2, 0) is 14.3 Å². The number of amides is 1. The number of rotatable bonds is 6. The number of carbonyl (C=O) groups is 1. The molecule has 0 aromatic rings. The lowest BCUT2D eigenvalue weighted by molar-refractivity contribution is -0.142. The van der Waals surface area contributed by atoms with Gasteiger partial charge in [-0.2, -0.15) is 0 Å². The normalized spacial score (nSPS) is 13.0. The Morgan fingerprint density at radius 3 is 2.46 bits per heavy atom. The number of hydrogen-bond acceptors (Lipinski definition) is 3. The van der Waals surface area contributed by atoms with Gasteiger partial charge in [0.25, 0.3) is 0 Å². The van der Waals surface area contributed by atoms with Crippen molar-refractivity contribution in [3.8, 4) is 0 Å². The van der Waals surface area contributed by atoms with Crippen LogP contribution < -0.4 is 5.32 Å². The van der Waals surface area contributed by atoms with Gasteiger partial charge in [-0.15, -0.1) is 0 Å². The Balaban J connectivity index is 3.57. The molecule has 0 fully saturated rings. The highest BCUT2D eigenvalue weighted by Gasteiger charge is 2.13. The molecule has 0 rings (SSSR count). The highest BCUT2D eigenvalue weighted by atomic mass is 16.7. The highest BCUT2D eigenvalue weighted by Crippen LogP contribution is 1.92. The summed E-state index contributed by atoms with van der Waals surface area (Å²) < 4.78 is 10.1. The van der Waals surface area contributed by atoms with E-state index in [2.05, 4.69) is 5.32 Å². The van der Waals surface area contributed by atoms with Gasteiger partial charge in [0.15, 0.2) is 0 Å². The van der Waals surface area contributed by atoms with Crippen LogP contribution in [0.2, 0.25) is 0 Å². The number of hydrogen-bond donors (Lipinski definition) is 1. The average molecular weight is 189 g/mol. The average Bonchev–Trinajstić information content (AvgIpc) is 2.03. The maximum Gasteiger partial charge on any atom is 0.249 e. The summed E-state index contributed by atoms with van der Waals surface area (Å²) >= 11 is 0. The molecule has 1 amide bonds. The van der Waals surface area contributed by atoms with Crippen molar-refractivity contribution >= 4 is 5.91 Å². The third-order valence-electron chi connectivity index (χ3n) is 1.41. The second kappa shape index (κ2) is 6.86. The van der Waals surface area contributed by atoms with E-state index in [0.29, 0.717) is 6.61 Å². The maximum atomic E-state index is 11.3. The number of nitrogens with one attached hydrogen (secondary N) is 1. The Bertz CT molecular complexity index is 148. The molecule has 0 saturated heterocycles. The maximum absolute atomic E-state index is 11.3. The molecule has 0 spiro atoms. The van der Waals surface area contributed by atoms with E-state index in [1.54, 1.807) is 6.92 Å². The van der Waals surface area contributed by atoms with Gasteiger partial charge in [0.2, 0.25) is 5.91 Å². The molecule has 0 saturated carbocycles. The molecule has 4 heteroatoms. The predicted molar refractivity (Wildman–Crippen MR) is 50.3 cm³/mol. The van der Waals surface area contributed by atoms with Crippen molar-refractivity contribution in [2.24, 2.45) is 0 Å². The van der Waals surface area contributed by atoms with E-state index < -0.39 is 6.10 Å². The SMILES string of the molecule is CCOCOC(C)C(=O)NC(C)C. The molecule has 0 aromatic carbocycles. The molecular formula is C9H19NO3. The van der Waals surface area contributed by atoms with Crippen molar-refractivity contribution in [3.05, 3.63) is 0 Å². The topological polar surface area (TPSA) is 47.6 Å². The predicted octanol–water partition coefficient (Wildman–Crippen LogP) is 0.910. The Morgan fingerprint density at radius 1 is 1.38 bits per heavy atom. The molecule has 0 aliphatic carbocycles. The number of ether oxygens (including phenoxy) is 2. The monoisotopic (exact) mass is 189 g/mol. The first-order chi connectivity index (χ1) is 6.07. The standard InChI is InChI=1S/C9H19NO3/c1-5-12-6-13-8(4)9(11)10-7(2)3/h7-8H,5-6H2,1-4H3,(H,10,11). The zero-order valence-electron chi connectivity index (χ0n) is 8.79. The van der Waals surface area contributed by atoms with Crippen LogP contribution in [0, 0.1) is 0 Å². The lowest BCUT2D eigenvalue weighted by Crippen LogP contribution is -2.38. The van der Waals surface area contributed by atoms with Crippen LogP contribution in [0.4, 0.5) is 0 Å². The summed E-state index contributed by atoms with van der Waals surface area (Å²) in [6.45, 7) is 8.17. The van der Waals surface area contributed by atoms with Gasteiger partial charge in [0.05, 0.1) is 0 Å². The molecule has 1 unspecified atom stereocenters. The largest absolute Gasteiger partial charge is 0.356 e. The summed E-state index contributed by atoms with van der Waals surface area (Å²) in [5.41, 5.74) is 0. The summed E-state index contributed by atoms with van der Waals surface area (Å²) in [6.07, 6.45) is -0.450. The first kappa shape index (κ1) is 12.4. The Hall–Kier alpha value is -0.610. The van der Waals surface area contributed by atoms with Gasteiger partial charge >= 0.3 is 0 Å². The van der Waals surface area contributed by atoms with Gasteiger partial charge in [-0.3, -0.25) is 4.79 Å². The van der Waals surface area contributed by atoms with Gasteiger partial charge < -0.3 is 14.8 Å². The van der Waals surface area contributed by atoms with E-state index in [4.69, 9.17) is 9.47 Å². The van der Waals surface area contributed by atoms with Gasteiger partial charge in [0, 0.05) is 12.6 Å². The van der Waals surface area contributed by atoms with Crippen molar-refractivity contribution in [3.63, 3.8) is 0 Å². The fraction of sp³-hybridized carbons (Fsp3) is 0.889. The molecule has 0 aliphatic heterocycles. The van der Waals surface area contributed by atoms with Gasteiger partial charge in [-0.1, -0.05) is 0 Å². The van der Waals surface area contributed by atoms with Crippen LogP contribution in [0.1, 0.15) is 27.7 Å². The third kappa shape index (κ3) is 6.54. The van der Waals surface area contributed by atoms with E-state index in [1.807, 2.05) is 20.8 Å². The molecule has 1 atom stereocenters. The second-order valence-electron chi connectivity index (χ2n) is 3.08. The minimum Gasteiger partial charge on any atom is -0.356 e. The van der Waals surface area contributed by atoms with E-state index in [-0.39, 0.29) is 18.7 Å². The first-order valence-corrected chi connectivity index (χ1v) is 4.57. The highest BCUT2D eigenvalue weighted by molar-refractivity contribution is 5.80. The smallest absolute Gasteiger partial charge is 0.249 e. The van der Waals surface area contributed by atoms with Crippen LogP contribution in [-0.4, -0.2) is 31.5 Å². The quantitative estimate of drug-likeness (QED) is 0.499. The van der Waals surface area contributed by atoms with Crippen molar-refractivity contribution in [2.75, 3.05) is 13.4 Å². The molecule has 0 aromatic heterocycles. The Kier molecular flexibility index (Phi) is 6.54. The Morgan fingerprint density at radius 2 is 2.00 bits per heavy atom. The van der Waals surface area contributed by atoms with Crippen LogP contribution in [0.15, 0.2) is 0 Å². The molecule has 0 heterocycles. The molecule has 13 heavy (non-hydrogen) atoms. The van der Waals surface area contributed by atoms with Crippen molar-refractivity contribution in [1.82, 2.24) is 5.32 Å². The number of carbonyl (C=O) groups excluding carboxylic acids is 1. The molecule has 0 aliphatic rings. The molecule has 4 nitrogen and oxygen atoms in total. The fourth-order valence-electron chi connectivity index (χ4n) is 0.711. The van der Waals surface area contributed by atoms with Gasteiger partial charge in [-0.25, -0.2) is 0 Å². The van der Waals surface area contributed by atoms with Crippen molar-refractivity contribution in [1.29, 1.82) is 0 Å². The minimum absolute atomic E-state index is 0.102. The third-order valence-corrected chi connectivity index (χ3v) is 1.41. The summed E-state index contributed by atoms with van der Waals surface area (Å²) in [6, 6.07) is 0.144. The molecule has 78 valence electrons. The summed E-state index contributed by atoms with van der Waals surface area (Å²) in [7, 11) is 0. The Labute approximate surface area is 79.6 Å². The van der Waals surface area contributed by atoms with Gasteiger partial charge in [-0.05, 0) is 27.7 Å². The van der Waals surface area contributed by atoms with Crippen LogP contribution in [0.25, 0.3) is 0 Å². The van der Waals surface area contributed by atoms with Crippen molar-refractivity contribution in [2.45, 2.75) is 39.8 Å². The zero-order chi connectivity index (χ0) is 10.3. The molecule has 0 radical (unpaired) electrons. The molecule has 0 bridgehead atoms. The van der Waals surface area contributed by atoms with Crippen LogP contribution in [0.5, 0.6) is 0 Å². The molecule has 1 N–H and O–H groups in total. The molecular weight excluding hydrogens is 170 g/mol. The van der Waals surface area contributed by atoms with Crippen molar-refractivity contribution < 1.29 is 14.3 Å². The summed E-state index contributed by atoms with van der Waals surface area (Å²) in [5.74, 6) is -0.102. The van der Waals surface area contributed by atoms with Crippen LogP contribution >= 0.6 is 0 Å². The zero-order valence-corrected chi connectivity index (χ0v) is 8.79. The lowest BCUT2D eigenvalue weighted by atomic mass is 10.3. The lowest BCUT2D eigenvalue weighted by Gasteiger charge is -2.14.